The van der Waals surface area contributed by atoms with Gasteiger partial charge in [0.2, 0.25) is 0 Å². The van der Waals surface area contributed by atoms with Crippen LogP contribution in [0.5, 0.6) is 0 Å². The molecule has 1 aliphatic heterocycles. The molecule has 0 saturated carbocycles. The van der Waals surface area contributed by atoms with Crippen molar-refractivity contribution < 1.29 is 23.1 Å². The number of amidine groups is 1. The van der Waals surface area contributed by atoms with Gasteiger partial charge in [0.15, 0.2) is 16.8 Å². The molecule has 0 atom stereocenters. The van der Waals surface area contributed by atoms with E-state index in [4.69, 9.17) is 0 Å². The molecule has 0 spiro atoms. The number of ether oxygens (including phenoxy) is 1. The first-order valence-corrected chi connectivity index (χ1v) is 8.66. The van der Waals surface area contributed by atoms with Gasteiger partial charge in [0.25, 0.3) is 5.91 Å². The molecular formula is C19H14F2N2O3S. The number of methoxy groups -OCH3 is 1. The summed E-state index contributed by atoms with van der Waals surface area (Å²) in [6.07, 6.45) is 1.08. The van der Waals surface area contributed by atoms with Crippen molar-refractivity contribution in [3.63, 3.8) is 0 Å². The molecule has 0 aromatic heterocycles. The van der Waals surface area contributed by atoms with Gasteiger partial charge in [0.1, 0.15) is 0 Å². The minimum absolute atomic E-state index is 0.138. The second-order valence-electron chi connectivity index (χ2n) is 5.50. The number of esters is 1. The summed E-state index contributed by atoms with van der Waals surface area (Å²) in [5.41, 5.74) is 1.00. The Morgan fingerprint density at radius 2 is 1.93 bits per heavy atom. The Balaban J connectivity index is 1.97. The van der Waals surface area contributed by atoms with Crippen molar-refractivity contribution in [3.05, 3.63) is 76.7 Å². The smallest absolute Gasteiger partial charge is 0.331 e. The summed E-state index contributed by atoms with van der Waals surface area (Å²) in [6.45, 7) is 0.216. The van der Waals surface area contributed by atoms with Gasteiger partial charge in [-0.2, -0.15) is 0 Å². The Kier molecular flexibility index (Phi) is 5.66. The summed E-state index contributed by atoms with van der Waals surface area (Å²) in [4.78, 5) is 30.0. The molecule has 1 aliphatic rings. The van der Waals surface area contributed by atoms with E-state index in [0.717, 1.165) is 35.5 Å². The molecule has 138 valence electrons. The fourth-order valence-electron chi connectivity index (χ4n) is 2.33. The van der Waals surface area contributed by atoms with Crippen LogP contribution in [0.3, 0.4) is 0 Å². The third-order valence-corrected chi connectivity index (χ3v) is 4.66. The van der Waals surface area contributed by atoms with Gasteiger partial charge in [0, 0.05) is 12.1 Å². The van der Waals surface area contributed by atoms with Gasteiger partial charge in [-0.3, -0.25) is 9.69 Å². The number of thioether (sulfide) groups is 1. The first-order chi connectivity index (χ1) is 13.0. The van der Waals surface area contributed by atoms with Gasteiger partial charge in [0.05, 0.1) is 24.2 Å². The molecular weight excluding hydrogens is 374 g/mol. The van der Waals surface area contributed by atoms with Gasteiger partial charge in [-0.15, -0.1) is 0 Å². The predicted octanol–water partition coefficient (Wildman–Crippen LogP) is 3.78. The van der Waals surface area contributed by atoms with Crippen LogP contribution < -0.4 is 0 Å². The minimum atomic E-state index is -1.04. The van der Waals surface area contributed by atoms with Crippen LogP contribution in [-0.2, 0) is 20.9 Å². The highest BCUT2D eigenvalue weighted by Crippen LogP contribution is 2.34. The van der Waals surface area contributed by atoms with Gasteiger partial charge in [-0.1, -0.05) is 30.3 Å². The van der Waals surface area contributed by atoms with E-state index >= 15 is 0 Å². The molecule has 0 N–H and O–H groups in total. The Labute approximate surface area is 158 Å². The van der Waals surface area contributed by atoms with E-state index in [9.17, 15) is 18.4 Å². The minimum Gasteiger partial charge on any atom is -0.466 e. The van der Waals surface area contributed by atoms with E-state index in [1.807, 2.05) is 30.3 Å². The molecule has 1 heterocycles. The lowest BCUT2D eigenvalue weighted by Gasteiger charge is -2.15. The van der Waals surface area contributed by atoms with Crippen molar-refractivity contribution in [1.29, 1.82) is 0 Å². The molecule has 1 saturated heterocycles. The second kappa shape index (κ2) is 8.13. The molecule has 0 radical (unpaired) electrons. The van der Waals surface area contributed by atoms with Crippen molar-refractivity contribution >= 4 is 34.5 Å². The first-order valence-electron chi connectivity index (χ1n) is 7.85. The number of nitrogens with zero attached hydrogens (tertiary/aromatic N) is 2. The average Bonchev–Trinajstić information content (AvgIpc) is 2.94. The summed E-state index contributed by atoms with van der Waals surface area (Å²) in [7, 11) is 1.21. The molecule has 0 unspecified atom stereocenters. The summed E-state index contributed by atoms with van der Waals surface area (Å²) < 4.78 is 31.2. The SMILES string of the molecule is COC(=O)C=C1SC(=Nc2ccc(F)c(F)c2)N(Cc2ccccc2)C1=O. The highest BCUT2D eigenvalue weighted by Gasteiger charge is 2.34. The van der Waals surface area contributed by atoms with Gasteiger partial charge in [-0.25, -0.2) is 18.6 Å². The number of aliphatic imine (C=N–C) groups is 1. The zero-order chi connectivity index (χ0) is 19.4. The molecule has 0 bridgehead atoms. The third kappa shape index (κ3) is 4.40. The number of rotatable bonds is 4. The molecule has 1 amide bonds. The maximum Gasteiger partial charge on any atom is 0.331 e. The fourth-order valence-corrected chi connectivity index (χ4v) is 3.29. The van der Waals surface area contributed by atoms with Crippen molar-refractivity contribution in [2.24, 2.45) is 4.99 Å². The van der Waals surface area contributed by atoms with Crippen LogP contribution in [0.4, 0.5) is 14.5 Å². The fraction of sp³-hybridized carbons (Fsp3) is 0.105. The number of carbonyl (C=O) groups excluding carboxylic acids is 2. The van der Waals surface area contributed by atoms with Crippen molar-refractivity contribution in [2.75, 3.05) is 7.11 Å². The largest absolute Gasteiger partial charge is 0.466 e. The van der Waals surface area contributed by atoms with Crippen LogP contribution >= 0.6 is 11.8 Å². The average molecular weight is 388 g/mol. The number of benzene rings is 2. The third-order valence-electron chi connectivity index (χ3n) is 3.65. The standard InChI is InChI=1S/C19H14F2N2O3S/c1-26-17(24)10-16-18(25)23(11-12-5-3-2-4-6-12)19(27-16)22-13-7-8-14(20)15(21)9-13/h2-10H,11H2,1H3. The Morgan fingerprint density at radius 3 is 2.59 bits per heavy atom. The van der Waals surface area contributed by atoms with E-state index in [-0.39, 0.29) is 22.3 Å². The molecule has 0 aliphatic carbocycles. The normalized spacial score (nSPS) is 17.0. The lowest BCUT2D eigenvalue weighted by atomic mass is 10.2. The maximum atomic E-state index is 13.5. The quantitative estimate of drug-likeness (QED) is 0.591. The predicted molar refractivity (Wildman–Crippen MR) is 98.1 cm³/mol. The summed E-state index contributed by atoms with van der Waals surface area (Å²) in [5, 5.41) is 0.255. The van der Waals surface area contributed by atoms with E-state index in [2.05, 4.69) is 9.73 Å². The van der Waals surface area contributed by atoms with E-state index in [0.29, 0.717) is 0 Å². The molecule has 27 heavy (non-hydrogen) atoms. The van der Waals surface area contributed by atoms with Crippen LogP contribution in [0.2, 0.25) is 0 Å². The van der Waals surface area contributed by atoms with Crippen molar-refractivity contribution in [3.8, 4) is 0 Å². The number of amides is 1. The number of carbonyl (C=O) groups is 2. The number of hydrogen-bond donors (Lipinski definition) is 0. The van der Waals surface area contributed by atoms with Gasteiger partial charge >= 0.3 is 5.97 Å². The Morgan fingerprint density at radius 1 is 1.19 bits per heavy atom. The summed E-state index contributed by atoms with van der Waals surface area (Å²) in [6, 6.07) is 12.4. The van der Waals surface area contributed by atoms with Crippen LogP contribution in [-0.4, -0.2) is 29.1 Å². The van der Waals surface area contributed by atoms with Gasteiger partial charge < -0.3 is 4.74 Å². The summed E-state index contributed by atoms with van der Waals surface area (Å²) >= 11 is 0.965. The van der Waals surface area contributed by atoms with Crippen LogP contribution in [0.25, 0.3) is 0 Å². The van der Waals surface area contributed by atoms with E-state index in [1.165, 1.54) is 18.1 Å². The van der Waals surface area contributed by atoms with Crippen molar-refractivity contribution in [2.45, 2.75) is 6.54 Å². The van der Waals surface area contributed by atoms with Crippen LogP contribution in [0.15, 0.2) is 64.5 Å². The molecule has 2 aromatic rings. The van der Waals surface area contributed by atoms with Crippen LogP contribution in [0.1, 0.15) is 5.56 Å². The topological polar surface area (TPSA) is 59.0 Å². The first kappa shape index (κ1) is 18.8. The molecule has 3 rings (SSSR count). The number of hydrogen-bond acceptors (Lipinski definition) is 5. The Hall–Kier alpha value is -3.00. The van der Waals surface area contributed by atoms with Gasteiger partial charge in [-0.05, 0) is 29.5 Å². The molecule has 5 nitrogen and oxygen atoms in total. The zero-order valence-corrected chi connectivity index (χ0v) is 15.0. The van der Waals surface area contributed by atoms with E-state index < -0.39 is 23.5 Å². The second-order valence-corrected chi connectivity index (χ2v) is 6.51. The maximum absolute atomic E-state index is 13.5. The lowest BCUT2D eigenvalue weighted by Crippen LogP contribution is -2.28. The molecule has 1 fully saturated rings. The lowest BCUT2D eigenvalue weighted by molar-refractivity contribution is -0.135. The van der Waals surface area contributed by atoms with Crippen LogP contribution in [0, 0.1) is 11.6 Å². The zero-order valence-electron chi connectivity index (χ0n) is 14.2. The summed E-state index contributed by atoms with van der Waals surface area (Å²) in [5.74, 6) is -3.11. The number of halogens is 2. The van der Waals surface area contributed by atoms with Crippen molar-refractivity contribution in [1.82, 2.24) is 4.90 Å². The van der Waals surface area contributed by atoms with E-state index in [1.54, 1.807) is 0 Å². The highest BCUT2D eigenvalue weighted by molar-refractivity contribution is 8.18. The molecule has 8 heteroatoms. The Bertz CT molecular complexity index is 945. The highest BCUT2D eigenvalue weighted by atomic mass is 32.2. The monoisotopic (exact) mass is 388 g/mol. The molecule has 2 aromatic carbocycles.